The largest absolute Gasteiger partial charge is 0.481 e. The Hall–Kier alpha value is -0.870. The van der Waals surface area contributed by atoms with Crippen molar-refractivity contribution in [3.05, 3.63) is 12.2 Å². The summed E-state index contributed by atoms with van der Waals surface area (Å²) in [5, 5.41) is 18.6. The minimum absolute atomic E-state index is 0.0133. The number of aliphatic hydroxyl groups is 1. The monoisotopic (exact) mass is 312 g/mol. The summed E-state index contributed by atoms with van der Waals surface area (Å²) < 4.78 is 5.54. The molecule has 4 nitrogen and oxygen atoms in total. The quantitative estimate of drug-likeness (QED) is 0.288. The lowest BCUT2D eigenvalue weighted by Crippen LogP contribution is -2.16. The zero-order valence-electron chi connectivity index (χ0n) is 13.9. The van der Waals surface area contributed by atoms with Crippen LogP contribution in [-0.4, -0.2) is 34.5 Å². The summed E-state index contributed by atoms with van der Waals surface area (Å²) in [6.07, 6.45) is 14.7. The van der Waals surface area contributed by atoms with E-state index in [1.54, 1.807) is 0 Å². The van der Waals surface area contributed by atoms with Crippen LogP contribution in [0.3, 0.4) is 0 Å². The molecule has 0 radical (unpaired) electrons. The molecule has 2 N–H and O–H groups in total. The number of carboxylic acid groups (broad SMARTS) is 1. The average molecular weight is 312 g/mol. The van der Waals surface area contributed by atoms with E-state index in [4.69, 9.17) is 9.84 Å². The molecule has 3 atom stereocenters. The molecule has 128 valence electrons. The van der Waals surface area contributed by atoms with Gasteiger partial charge in [-0.05, 0) is 32.1 Å². The molecule has 1 fully saturated rings. The van der Waals surface area contributed by atoms with Crippen molar-refractivity contribution in [3.63, 3.8) is 0 Å². The molecule has 0 amide bonds. The molecular weight excluding hydrogens is 280 g/mol. The minimum atomic E-state index is -0.725. The highest BCUT2D eigenvalue weighted by Gasteiger charge is 2.42. The maximum absolute atomic E-state index is 10.4. The van der Waals surface area contributed by atoms with E-state index in [9.17, 15) is 9.90 Å². The second-order valence-corrected chi connectivity index (χ2v) is 6.26. The molecule has 22 heavy (non-hydrogen) atoms. The van der Waals surface area contributed by atoms with Crippen LogP contribution in [0.25, 0.3) is 0 Å². The molecule has 4 heteroatoms. The summed E-state index contributed by atoms with van der Waals surface area (Å²) >= 11 is 0. The Labute approximate surface area is 134 Å². The van der Waals surface area contributed by atoms with Crippen LogP contribution in [0, 0.1) is 0 Å². The third-order valence-electron chi connectivity index (χ3n) is 4.15. The van der Waals surface area contributed by atoms with E-state index in [-0.39, 0.29) is 24.7 Å². The number of aliphatic hydroxyl groups excluding tert-OH is 1. The summed E-state index contributed by atoms with van der Waals surface area (Å²) in [5.74, 6) is -0.725. The lowest BCUT2D eigenvalue weighted by molar-refractivity contribution is -0.137. The Morgan fingerprint density at radius 1 is 1.14 bits per heavy atom. The summed E-state index contributed by atoms with van der Waals surface area (Å²) in [4.78, 5) is 10.4. The van der Waals surface area contributed by atoms with Crippen molar-refractivity contribution in [1.82, 2.24) is 0 Å². The van der Waals surface area contributed by atoms with Gasteiger partial charge in [0.25, 0.3) is 0 Å². The molecule has 1 aliphatic rings. The van der Waals surface area contributed by atoms with Gasteiger partial charge in [0, 0.05) is 6.42 Å². The van der Waals surface area contributed by atoms with Crippen molar-refractivity contribution in [2.45, 2.75) is 95.9 Å². The van der Waals surface area contributed by atoms with Crippen LogP contribution < -0.4 is 0 Å². The standard InChI is InChI=1S/C18H32O4/c1-2-3-4-5-6-10-13-16-18(22-16)15(19)12-9-7-8-11-14-17(20)21/h6,10,15-16,18-19H,2-5,7-9,11-14H2,1H3,(H,20,21)/b10-6-. The van der Waals surface area contributed by atoms with E-state index in [1.807, 2.05) is 0 Å². The van der Waals surface area contributed by atoms with Gasteiger partial charge in [-0.25, -0.2) is 0 Å². The molecule has 0 aromatic heterocycles. The van der Waals surface area contributed by atoms with Crippen molar-refractivity contribution in [3.8, 4) is 0 Å². The predicted molar refractivity (Wildman–Crippen MR) is 87.9 cm³/mol. The minimum Gasteiger partial charge on any atom is -0.481 e. The molecule has 0 bridgehead atoms. The highest BCUT2D eigenvalue weighted by molar-refractivity contribution is 5.66. The highest BCUT2D eigenvalue weighted by Crippen LogP contribution is 2.31. The van der Waals surface area contributed by atoms with Crippen LogP contribution in [0.2, 0.25) is 0 Å². The first kappa shape index (κ1) is 19.2. The molecule has 1 aliphatic heterocycles. The highest BCUT2D eigenvalue weighted by atomic mass is 16.6. The van der Waals surface area contributed by atoms with Crippen molar-refractivity contribution in [1.29, 1.82) is 0 Å². The van der Waals surface area contributed by atoms with E-state index in [0.29, 0.717) is 0 Å². The van der Waals surface area contributed by atoms with Crippen molar-refractivity contribution < 1.29 is 19.7 Å². The number of carboxylic acids is 1. The number of hydrogen-bond acceptors (Lipinski definition) is 3. The second kappa shape index (κ2) is 11.7. The summed E-state index contributed by atoms with van der Waals surface area (Å²) in [6, 6.07) is 0. The van der Waals surface area contributed by atoms with Crippen LogP contribution in [0.15, 0.2) is 12.2 Å². The van der Waals surface area contributed by atoms with Crippen LogP contribution in [-0.2, 0) is 9.53 Å². The maximum atomic E-state index is 10.4. The van der Waals surface area contributed by atoms with Crippen LogP contribution in [0.4, 0.5) is 0 Å². The SMILES string of the molecule is CCCCC/C=C\CC1OC1C(O)CCCCCCC(=O)O. The number of allylic oxidation sites excluding steroid dienone is 1. The van der Waals surface area contributed by atoms with Gasteiger partial charge >= 0.3 is 5.97 Å². The molecule has 0 saturated carbocycles. The van der Waals surface area contributed by atoms with Gasteiger partial charge in [0.2, 0.25) is 0 Å². The third-order valence-corrected chi connectivity index (χ3v) is 4.15. The molecule has 1 rings (SSSR count). The number of aliphatic carboxylic acids is 1. The van der Waals surface area contributed by atoms with Crippen LogP contribution in [0.1, 0.15) is 77.6 Å². The predicted octanol–water partition coefficient (Wildman–Crippen LogP) is 4.07. The Kier molecular flexibility index (Phi) is 10.2. The fraction of sp³-hybridized carbons (Fsp3) is 0.833. The molecule has 0 aliphatic carbocycles. The zero-order chi connectivity index (χ0) is 16.2. The fourth-order valence-corrected chi connectivity index (χ4v) is 2.69. The van der Waals surface area contributed by atoms with Crippen LogP contribution in [0.5, 0.6) is 0 Å². The molecule has 1 saturated heterocycles. The second-order valence-electron chi connectivity index (χ2n) is 6.26. The van der Waals surface area contributed by atoms with Crippen molar-refractivity contribution in [2.24, 2.45) is 0 Å². The number of rotatable bonds is 14. The number of carbonyl (C=O) groups is 1. The Morgan fingerprint density at radius 3 is 2.64 bits per heavy atom. The summed E-state index contributed by atoms with van der Waals surface area (Å²) in [6.45, 7) is 2.21. The van der Waals surface area contributed by atoms with E-state index in [0.717, 1.165) is 44.9 Å². The summed E-state index contributed by atoms with van der Waals surface area (Å²) in [7, 11) is 0. The van der Waals surface area contributed by atoms with Gasteiger partial charge in [0.15, 0.2) is 0 Å². The van der Waals surface area contributed by atoms with Gasteiger partial charge in [0.05, 0.1) is 12.2 Å². The van der Waals surface area contributed by atoms with Gasteiger partial charge in [-0.1, -0.05) is 51.2 Å². The molecular formula is C18H32O4. The fourth-order valence-electron chi connectivity index (χ4n) is 2.69. The van der Waals surface area contributed by atoms with Gasteiger partial charge in [-0.15, -0.1) is 0 Å². The third kappa shape index (κ3) is 9.21. The molecule has 0 aromatic rings. The number of epoxide rings is 1. The van der Waals surface area contributed by atoms with Gasteiger partial charge in [0.1, 0.15) is 6.10 Å². The Morgan fingerprint density at radius 2 is 1.91 bits per heavy atom. The van der Waals surface area contributed by atoms with Crippen molar-refractivity contribution >= 4 is 5.97 Å². The lowest BCUT2D eigenvalue weighted by atomic mass is 10.0. The van der Waals surface area contributed by atoms with E-state index in [2.05, 4.69) is 19.1 Å². The Bertz CT molecular complexity index is 327. The van der Waals surface area contributed by atoms with E-state index < -0.39 is 5.97 Å². The van der Waals surface area contributed by atoms with Crippen LogP contribution >= 0.6 is 0 Å². The number of ether oxygens (including phenoxy) is 1. The zero-order valence-corrected chi connectivity index (χ0v) is 13.9. The van der Waals surface area contributed by atoms with Gasteiger partial charge in [-0.2, -0.15) is 0 Å². The summed E-state index contributed by atoms with van der Waals surface area (Å²) in [5.41, 5.74) is 0. The molecule has 0 aromatic carbocycles. The first-order valence-corrected chi connectivity index (χ1v) is 8.85. The molecule has 0 spiro atoms. The van der Waals surface area contributed by atoms with E-state index in [1.165, 1.54) is 19.3 Å². The van der Waals surface area contributed by atoms with E-state index >= 15 is 0 Å². The normalized spacial score (nSPS) is 22.1. The maximum Gasteiger partial charge on any atom is 0.303 e. The topological polar surface area (TPSA) is 70.1 Å². The van der Waals surface area contributed by atoms with Gasteiger partial charge < -0.3 is 14.9 Å². The lowest BCUT2D eigenvalue weighted by Gasteiger charge is -2.06. The Balaban J connectivity index is 1.95. The first-order valence-electron chi connectivity index (χ1n) is 8.85. The molecule has 3 unspecified atom stereocenters. The average Bonchev–Trinajstić information content (AvgIpc) is 3.25. The molecule has 1 heterocycles. The van der Waals surface area contributed by atoms with Gasteiger partial charge in [-0.3, -0.25) is 4.79 Å². The smallest absolute Gasteiger partial charge is 0.303 e. The number of unbranched alkanes of at least 4 members (excludes halogenated alkanes) is 6. The van der Waals surface area contributed by atoms with Crippen molar-refractivity contribution in [2.75, 3.05) is 0 Å². The number of hydrogen-bond donors (Lipinski definition) is 2. The first-order chi connectivity index (χ1) is 10.6.